The van der Waals surface area contributed by atoms with Crippen molar-refractivity contribution in [3.05, 3.63) is 59.0 Å². The average molecular weight is 413 g/mol. The summed E-state index contributed by atoms with van der Waals surface area (Å²) in [7, 11) is 1.57. The molecule has 0 saturated carbocycles. The standard InChI is InChI=1S/C21H23N3O4S/c1-13-8-9-17(26-4)16(10-13)22-18(25)12-29-21-24-23-19(28-21)11-27-20-14(2)6-5-7-15(20)3/h5-10H,11-12H2,1-4H3,(H,22,25). The minimum absolute atomic E-state index is 0.135. The monoisotopic (exact) mass is 413 g/mol. The summed E-state index contributed by atoms with van der Waals surface area (Å²) < 4.78 is 16.6. The second-order valence-electron chi connectivity index (χ2n) is 6.51. The molecular weight excluding hydrogens is 390 g/mol. The molecule has 0 aliphatic carbocycles. The molecule has 3 rings (SSSR count). The van der Waals surface area contributed by atoms with Crippen LogP contribution in [-0.2, 0) is 11.4 Å². The summed E-state index contributed by atoms with van der Waals surface area (Å²) in [5.41, 5.74) is 3.75. The highest BCUT2D eigenvalue weighted by Crippen LogP contribution is 2.26. The third-order valence-electron chi connectivity index (χ3n) is 4.15. The van der Waals surface area contributed by atoms with E-state index in [1.165, 1.54) is 11.8 Å². The van der Waals surface area contributed by atoms with Crippen LogP contribution in [0.25, 0.3) is 0 Å². The Morgan fingerprint density at radius 2 is 1.90 bits per heavy atom. The van der Waals surface area contributed by atoms with E-state index in [1.807, 2.05) is 57.2 Å². The third-order valence-corrected chi connectivity index (χ3v) is 4.97. The van der Waals surface area contributed by atoms with E-state index in [0.29, 0.717) is 22.6 Å². The number of aromatic nitrogens is 2. The Labute approximate surface area is 173 Å². The van der Waals surface area contributed by atoms with E-state index in [-0.39, 0.29) is 18.3 Å². The second kappa shape index (κ2) is 9.47. The largest absolute Gasteiger partial charge is 0.495 e. The molecule has 1 aromatic heterocycles. The number of amides is 1. The number of methoxy groups -OCH3 is 1. The smallest absolute Gasteiger partial charge is 0.277 e. The van der Waals surface area contributed by atoms with Crippen LogP contribution in [-0.4, -0.2) is 29.0 Å². The van der Waals surface area contributed by atoms with Crippen LogP contribution < -0.4 is 14.8 Å². The molecule has 0 aliphatic heterocycles. The van der Waals surface area contributed by atoms with Gasteiger partial charge in [0.2, 0.25) is 5.91 Å². The fraction of sp³-hybridized carbons (Fsp3) is 0.286. The number of nitrogens with one attached hydrogen (secondary N) is 1. The average Bonchev–Trinajstić information content (AvgIpc) is 3.14. The van der Waals surface area contributed by atoms with E-state index in [1.54, 1.807) is 7.11 Å². The summed E-state index contributed by atoms with van der Waals surface area (Å²) in [4.78, 5) is 12.3. The molecule has 1 heterocycles. The first-order valence-electron chi connectivity index (χ1n) is 9.05. The Morgan fingerprint density at radius 1 is 1.14 bits per heavy atom. The van der Waals surface area contributed by atoms with Crippen molar-refractivity contribution in [2.75, 3.05) is 18.2 Å². The highest BCUT2D eigenvalue weighted by Gasteiger charge is 2.13. The first-order valence-corrected chi connectivity index (χ1v) is 10.0. The number of thioether (sulfide) groups is 1. The highest BCUT2D eigenvalue weighted by atomic mass is 32.2. The summed E-state index contributed by atoms with van der Waals surface area (Å²) in [6.45, 7) is 6.09. The summed E-state index contributed by atoms with van der Waals surface area (Å²) >= 11 is 1.17. The van der Waals surface area contributed by atoms with Gasteiger partial charge in [0.15, 0.2) is 6.61 Å². The number of benzene rings is 2. The normalized spacial score (nSPS) is 10.6. The van der Waals surface area contributed by atoms with Gasteiger partial charge in [-0.15, -0.1) is 10.2 Å². The molecule has 0 atom stereocenters. The van der Waals surface area contributed by atoms with Gasteiger partial charge in [-0.2, -0.15) is 0 Å². The van der Waals surface area contributed by atoms with Crippen LogP contribution in [0.5, 0.6) is 11.5 Å². The fourth-order valence-electron chi connectivity index (χ4n) is 2.75. The van der Waals surface area contributed by atoms with E-state index >= 15 is 0 Å². The topological polar surface area (TPSA) is 86.5 Å². The molecule has 8 heteroatoms. The lowest BCUT2D eigenvalue weighted by Gasteiger charge is -2.10. The molecule has 0 bridgehead atoms. The Balaban J connectivity index is 1.53. The van der Waals surface area contributed by atoms with E-state index in [4.69, 9.17) is 13.9 Å². The first-order chi connectivity index (χ1) is 14.0. The van der Waals surface area contributed by atoms with Gasteiger partial charge in [0.25, 0.3) is 11.1 Å². The van der Waals surface area contributed by atoms with Gasteiger partial charge in [-0.25, -0.2) is 0 Å². The van der Waals surface area contributed by atoms with Crippen molar-refractivity contribution in [1.82, 2.24) is 10.2 Å². The number of ether oxygens (including phenoxy) is 2. The lowest BCUT2D eigenvalue weighted by atomic mass is 10.1. The molecule has 2 aromatic carbocycles. The summed E-state index contributed by atoms with van der Waals surface area (Å²) in [5.74, 6) is 1.72. The zero-order chi connectivity index (χ0) is 20.8. The van der Waals surface area contributed by atoms with Gasteiger partial charge in [0, 0.05) is 0 Å². The van der Waals surface area contributed by atoms with Crippen molar-refractivity contribution in [3.8, 4) is 11.5 Å². The molecular formula is C21H23N3O4S. The summed E-state index contributed by atoms with van der Waals surface area (Å²) in [6, 6.07) is 11.5. The molecule has 0 saturated heterocycles. The number of para-hydroxylation sites is 1. The Bertz CT molecular complexity index is 983. The Morgan fingerprint density at radius 3 is 2.62 bits per heavy atom. The van der Waals surface area contributed by atoms with Gasteiger partial charge in [-0.3, -0.25) is 4.79 Å². The SMILES string of the molecule is COc1ccc(C)cc1NC(=O)CSc1nnc(COc2c(C)cccc2C)o1. The van der Waals surface area contributed by atoms with Crippen molar-refractivity contribution < 1.29 is 18.7 Å². The Hall–Kier alpha value is -3.00. The van der Waals surface area contributed by atoms with Crippen LogP contribution in [0.15, 0.2) is 46.0 Å². The second-order valence-corrected chi connectivity index (χ2v) is 7.44. The van der Waals surface area contributed by atoms with Crippen LogP contribution in [0.2, 0.25) is 0 Å². The minimum atomic E-state index is -0.189. The van der Waals surface area contributed by atoms with Crippen molar-refractivity contribution in [2.24, 2.45) is 0 Å². The Kier molecular flexibility index (Phi) is 6.77. The predicted molar refractivity (Wildman–Crippen MR) is 112 cm³/mol. The van der Waals surface area contributed by atoms with Crippen LogP contribution in [0.1, 0.15) is 22.6 Å². The van der Waals surface area contributed by atoms with Gasteiger partial charge in [-0.1, -0.05) is 36.0 Å². The number of nitrogens with zero attached hydrogens (tertiary/aromatic N) is 2. The number of anilines is 1. The molecule has 1 amide bonds. The van der Waals surface area contributed by atoms with Crippen molar-refractivity contribution in [1.29, 1.82) is 0 Å². The van der Waals surface area contributed by atoms with Crippen LogP contribution in [0, 0.1) is 20.8 Å². The number of carbonyl (C=O) groups excluding carboxylic acids is 1. The molecule has 0 unspecified atom stereocenters. The molecule has 0 radical (unpaired) electrons. The molecule has 29 heavy (non-hydrogen) atoms. The molecule has 0 fully saturated rings. The summed E-state index contributed by atoms with van der Waals surface area (Å²) in [5, 5.41) is 11.1. The lowest BCUT2D eigenvalue weighted by Crippen LogP contribution is -2.14. The molecule has 0 aliphatic rings. The molecule has 3 aromatic rings. The number of aryl methyl sites for hydroxylation is 3. The maximum Gasteiger partial charge on any atom is 0.277 e. The molecule has 152 valence electrons. The van der Waals surface area contributed by atoms with Gasteiger partial charge >= 0.3 is 0 Å². The maximum atomic E-state index is 12.3. The van der Waals surface area contributed by atoms with Crippen molar-refractivity contribution in [2.45, 2.75) is 32.6 Å². The van der Waals surface area contributed by atoms with Gasteiger partial charge in [0.05, 0.1) is 18.6 Å². The lowest BCUT2D eigenvalue weighted by molar-refractivity contribution is -0.113. The zero-order valence-electron chi connectivity index (χ0n) is 16.8. The number of carbonyl (C=O) groups is 1. The van der Waals surface area contributed by atoms with Crippen molar-refractivity contribution in [3.63, 3.8) is 0 Å². The predicted octanol–water partition coefficient (Wildman–Crippen LogP) is 4.31. The first kappa shape index (κ1) is 20.7. The van der Waals surface area contributed by atoms with Gasteiger partial charge in [-0.05, 0) is 49.6 Å². The fourth-order valence-corrected chi connectivity index (χ4v) is 3.33. The quantitative estimate of drug-likeness (QED) is 0.551. The van der Waals surface area contributed by atoms with Gasteiger partial charge in [0.1, 0.15) is 11.5 Å². The third kappa shape index (κ3) is 5.51. The molecule has 0 spiro atoms. The van der Waals surface area contributed by atoms with E-state index in [2.05, 4.69) is 15.5 Å². The number of rotatable bonds is 8. The highest BCUT2D eigenvalue weighted by molar-refractivity contribution is 7.99. The van der Waals surface area contributed by atoms with Crippen molar-refractivity contribution >= 4 is 23.4 Å². The summed E-state index contributed by atoms with van der Waals surface area (Å²) in [6.07, 6.45) is 0. The van der Waals surface area contributed by atoms with Crippen LogP contribution >= 0.6 is 11.8 Å². The number of hydrogen-bond acceptors (Lipinski definition) is 7. The van der Waals surface area contributed by atoms with Gasteiger partial charge < -0.3 is 19.2 Å². The zero-order valence-corrected chi connectivity index (χ0v) is 17.6. The van der Waals surface area contributed by atoms with E-state index in [0.717, 1.165) is 22.4 Å². The maximum absolute atomic E-state index is 12.3. The van der Waals surface area contributed by atoms with Crippen LogP contribution in [0.3, 0.4) is 0 Å². The van der Waals surface area contributed by atoms with E-state index < -0.39 is 0 Å². The number of hydrogen-bond donors (Lipinski definition) is 1. The molecule has 7 nitrogen and oxygen atoms in total. The molecule has 1 N–H and O–H groups in total. The van der Waals surface area contributed by atoms with Crippen LogP contribution in [0.4, 0.5) is 5.69 Å². The van der Waals surface area contributed by atoms with E-state index in [9.17, 15) is 4.79 Å². The minimum Gasteiger partial charge on any atom is -0.495 e.